The van der Waals surface area contributed by atoms with Crippen LogP contribution >= 0.6 is 35.3 Å². The highest BCUT2D eigenvalue weighted by Crippen LogP contribution is 2.18. The van der Waals surface area contributed by atoms with E-state index in [-0.39, 0.29) is 35.9 Å². The second kappa shape index (κ2) is 11.7. The summed E-state index contributed by atoms with van der Waals surface area (Å²) in [6.07, 6.45) is 4.95. The van der Waals surface area contributed by atoms with Crippen LogP contribution in [0.1, 0.15) is 29.1 Å². The molecule has 0 saturated carbocycles. The van der Waals surface area contributed by atoms with Gasteiger partial charge < -0.3 is 15.5 Å². The molecule has 1 saturated heterocycles. The Morgan fingerprint density at radius 1 is 1.46 bits per heavy atom. The Labute approximate surface area is 177 Å². The summed E-state index contributed by atoms with van der Waals surface area (Å²) in [5.41, 5.74) is 0. The van der Waals surface area contributed by atoms with Crippen LogP contribution in [-0.2, 0) is 11.3 Å². The Balaban J connectivity index is 0.00000338. The van der Waals surface area contributed by atoms with Gasteiger partial charge in [-0.1, -0.05) is 0 Å². The van der Waals surface area contributed by atoms with E-state index in [1.165, 1.54) is 4.88 Å². The number of thiazole rings is 1. The molecule has 0 radical (unpaired) electrons. The minimum absolute atomic E-state index is 0. The smallest absolute Gasteiger partial charge is 0.239 e. The van der Waals surface area contributed by atoms with Gasteiger partial charge in [-0.15, -0.1) is 35.3 Å². The fourth-order valence-corrected chi connectivity index (χ4v) is 3.75. The number of guanidine groups is 1. The molecule has 1 aromatic heterocycles. The van der Waals surface area contributed by atoms with Crippen molar-refractivity contribution in [2.75, 3.05) is 40.8 Å². The molecule has 1 aliphatic heterocycles. The molecule has 7 nitrogen and oxygen atoms in total. The number of likely N-dealkylation sites (N-methyl/N-ethyl adjacent to an activating group) is 1. The zero-order valence-electron chi connectivity index (χ0n) is 16.1. The fraction of sp³-hybridized carbons (Fsp3) is 0.706. The van der Waals surface area contributed by atoms with Gasteiger partial charge in [-0.25, -0.2) is 4.98 Å². The zero-order chi connectivity index (χ0) is 18.2. The number of aliphatic imine (C=N–C) groups is 1. The Hall–Kier alpha value is -0.940. The first kappa shape index (κ1) is 23.1. The standard InChI is InChI=1S/C17H30N6OS.HI/c1-13-11-20-15(25-13)12-21-17(18-2)19-8-6-10-23-9-5-7-14(23)16(24)22(3)4;/h11,14H,5-10,12H2,1-4H3,(H2,18,19,21);1H. The Morgan fingerprint density at radius 3 is 2.85 bits per heavy atom. The molecule has 1 atom stereocenters. The molecule has 148 valence electrons. The minimum Gasteiger partial charge on any atom is -0.356 e. The molecule has 1 aliphatic rings. The SMILES string of the molecule is CN=C(NCCCN1CCCC1C(=O)N(C)C)NCc1ncc(C)s1.I. The van der Waals surface area contributed by atoms with Gasteiger partial charge in [0.25, 0.3) is 0 Å². The molecule has 1 amide bonds. The van der Waals surface area contributed by atoms with Gasteiger partial charge >= 0.3 is 0 Å². The van der Waals surface area contributed by atoms with Crippen LogP contribution in [0.5, 0.6) is 0 Å². The van der Waals surface area contributed by atoms with Gasteiger partial charge in [-0.2, -0.15) is 0 Å². The summed E-state index contributed by atoms with van der Waals surface area (Å²) in [5, 5.41) is 7.67. The van der Waals surface area contributed by atoms with Crippen molar-refractivity contribution in [2.24, 2.45) is 4.99 Å². The number of nitrogens with zero attached hydrogens (tertiary/aromatic N) is 4. The second-order valence-corrected chi connectivity index (χ2v) is 7.82. The molecule has 2 N–H and O–H groups in total. The Morgan fingerprint density at radius 2 is 2.23 bits per heavy atom. The lowest BCUT2D eigenvalue weighted by Crippen LogP contribution is -2.44. The van der Waals surface area contributed by atoms with E-state index in [4.69, 9.17) is 0 Å². The van der Waals surface area contributed by atoms with Crippen molar-refractivity contribution in [3.63, 3.8) is 0 Å². The molecule has 26 heavy (non-hydrogen) atoms. The first-order valence-electron chi connectivity index (χ1n) is 8.82. The molecular formula is C17H31IN6OS. The highest BCUT2D eigenvalue weighted by molar-refractivity contribution is 14.0. The first-order valence-corrected chi connectivity index (χ1v) is 9.64. The quantitative estimate of drug-likeness (QED) is 0.261. The predicted molar refractivity (Wildman–Crippen MR) is 118 cm³/mol. The maximum Gasteiger partial charge on any atom is 0.239 e. The van der Waals surface area contributed by atoms with Crippen LogP contribution in [-0.4, -0.2) is 73.5 Å². The number of aromatic nitrogens is 1. The van der Waals surface area contributed by atoms with Gasteiger partial charge in [0.1, 0.15) is 5.01 Å². The summed E-state index contributed by atoms with van der Waals surface area (Å²) >= 11 is 1.69. The van der Waals surface area contributed by atoms with Crippen LogP contribution < -0.4 is 10.6 Å². The average Bonchev–Trinajstić information content (AvgIpc) is 3.22. The maximum absolute atomic E-state index is 12.2. The van der Waals surface area contributed by atoms with Crippen LogP contribution in [0.25, 0.3) is 0 Å². The van der Waals surface area contributed by atoms with E-state index in [9.17, 15) is 4.79 Å². The summed E-state index contributed by atoms with van der Waals surface area (Å²) in [6, 6.07) is 0.0561. The van der Waals surface area contributed by atoms with E-state index in [0.29, 0.717) is 6.54 Å². The molecule has 0 aliphatic carbocycles. The Bertz CT molecular complexity index is 592. The molecule has 0 aromatic carbocycles. The van der Waals surface area contributed by atoms with Crippen molar-refractivity contribution < 1.29 is 4.79 Å². The number of aryl methyl sites for hydroxylation is 1. The highest BCUT2D eigenvalue weighted by Gasteiger charge is 2.30. The van der Waals surface area contributed by atoms with Gasteiger partial charge in [0, 0.05) is 45.3 Å². The van der Waals surface area contributed by atoms with Crippen LogP contribution in [0.3, 0.4) is 0 Å². The zero-order valence-corrected chi connectivity index (χ0v) is 19.3. The largest absolute Gasteiger partial charge is 0.356 e. The van der Waals surface area contributed by atoms with Crippen molar-refractivity contribution in [1.82, 2.24) is 25.4 Å². The van der Waals surface area contributed by atoms with Crippen molar-refractivity contribution in [2.45, 2.75) is 38.8 Å². The molecule has 2 rings (SSSR count). The van der Waals surface area contributed by atoms with Gasteiger partial charge in [0.05, 0.1) is 12.6 Å². The van der Waals surface area contributed by atoms with E-state index in [1.54, 1.807) is 23.3 Å². The number of hydrogen-bond acceptors (Lipinski definition) is 5. The van der Waals surface area contributed by atoms with Gasteiger partial charge in [-0.3, -0.25) is 14.7 Å². The number of nitrogens with one attached hydrogen (secondary N) is 2. The van der Waals surface area contributed by atoms with Crippen molar-refractivity contribution in [1.29, 1.82) is 0 Å². The van der Waals surface area contributed by atoms with E-state index in [1.807, 2.05) is 20.3 Å². The van der Waals surface area contributed by atoms with Crippen LogP contribution in [0.2, 0.25) is 0 Å². The third kappa shape index (κ3) is 6.99. The first-order chi connectivity index (χ1) is 12.0. The molecular weight excluding hydrogens is 463 g/mol. The lowest BCUT2D eigenvalue weighted by Gasteiger charge is -2.26. The number of likely N-dealkylation sites (tertiary alicyclic amines) is 1. The third-order valence-corrected chi connectivity index (χ3v) is 5.22. The van der Waals surface area contributed by atoms with E-state index in [0.717, 1.165) is 49.9 Å². The van der Waals surface area contributed by atoms with Gasteiger partial charge in [-0.05, 0) is 32.7 Å². The van der Waals surface area contributed by atoms with Crippen LogP contribution in [0, 0.1) is 6.92 Å². The second-order valence-electron chi connectivity index (χ2n) is 6.50. The number of carbonyl (C=O) groups is 1. The molecule has 9 heteroatoms. The molecule has 1 aromatic rings. The van der Waals surface area contributed by atoms with Crippen molar-refractivity contribution in [3.05, 3.63) is 16.1 Å². The number of amides is 1. The summed E-state index contributed by atoms with van der Waals surface area (Å²) in [4.78, 5) is 26.0. The number of halogens is 1. The third-order valence-electron chi connectivity index (χ3n) is 4.30. The molecule has 1 fully saturated rings. The van der Waals surface area contributed by atoms with Gasteiger partial charge in [0.15, 0.2) is 5.96 Å². The normalized spacial score (nSPS) is 17.7. The average molecular weight is 494 g/mol. The van der Waals surface area contributed by atoms with Crippen LogP contribution in [0.15, 0.2) is 11.2 Å². The van der Waals surface area contributed by atoms with Crippen LogP contribution in [0.4, 0.5) is 0 Å². The summed E-state index contributed by atoms with van der Waals surface area (Å²) in [7, 11) is 5.44. The summed E-state index contributed by atoms with van der Waals surface area (Å²) < 4.78 is 0. The van der Waals surface area contributed by atoms with E-state index in [2.05, 4.69) is 32.4 Å². The van der Waals surface area contributed by atoms with Gasteiger partial charge in [0.2, 0.25) is 5.91 Å². The number of carbonyl (C=O) groups excluding carboxylic acids is 1. The van der Waals surface area contributed by atoms with Crippen molar-refractivity contribution in [3.8, 4) is 0 Å². The lowest BCUT2D eigenvalue weighted by molar-refractivity contribution is -0.133. The predicted octanol–water partition coefficient (Wildman–Crippen LogP) is 1.68. The highest BCUT2D eigenvalue weighted by atomic mass is 127. The lowest BCUT2D eigenvalue weighted by atomic mass is 10.2. The molecule has 1 unspecified atom stereocenters. The topological polar surface area (TPSA) is 72.9 Å². The molecule has 2 heterocycles. The molecule has 0 bridgehead atoms. The summed E-state index contributed by atoms with van der Waals surface area (Å²) in [5.74, 6) is 1.01. The minimum atomic E-state index is 0. The number of hydrogen-bond donors (Lipinski definition) is 2. The van der Waals surface area contributed by atoms with E-state index >= 15 is 0 Å². The molecule has 0 spiro atoms. The number of rotatable bonds is 7. The summed E-state index contributed by atoms with van der Waals surface area (Å²) in [6.45, 7) is 5.51. The van der Waals surface area contributed by atoms with Crippen molar-refractivity contribution >= 4 is 47.2 Å². The fourth-order valence-electron chi connectivity index (χ4n) is 3.02. The van der Waals surface area contributed by atoms with E-state index < -0.39 is 0 Å². The Kier molecular flexibility index (Phi) is 10.4. The maximum atomic E-state index is 12.2. The monoisotopic (exact) mass is 494 g/mol.